The van der Waals surface area contributed by atoms with Crippen LogP contribution in [0.25, 0.3) is 0 Å². The molecule has 2 saturated heterocycles. The Bertz CT molecular complexity index is 461. The molecule has 2 fully saturated rings. The summed E-state index contributed by atoms with van der Waals surface area (Å²) in [5, 5.41) is 4.72. The van der Waals surface area contributed by atoms with Crippen LogP contribution in [-0.4, -0.2) is 31.6 Å². The van der Waals surface area contributed by atoms with Crippen LogP contribution in [0.15, 0.2) is 18.2 Å². The number of hydrogen-bond acceptors (Lipinski definition) is 3. The fourth-order valence-electron chi connectivity index (χ4n) is 2.87. The molecule has 1 spiro atoms. The summed E-state index contributed by atoms with van der Waals surface area (Å²) in [4.78, 5) is 0. The number of rotatable bonds is 2. The molecule has 0 saturated carbocycles. The second-order valence-corrected chi connectivity index (χ2v) is 5.98. The zero-order valence-electron chi connectivity index (χ0n) is 10.6. The molecule has 0 radical (unpaired) electrons. The fraction of sp³-hybridized carbons (Fsp3) is 0.571. The first-order valence-electron chi connectivity index (χ1n) is 6.62. The summed E-state index contributed by atoms with van der Waals surface area (Å²) in [6, 6.07) is 6.15. The monoisotopic (exact) mass is 301 g/mol. The minimum absolute atomic E-state index is 0.351. The third-order valence-electron chi connectivity index (χ3n) is 3.78. The Morgan fingerprint density at radius 3 is 2.74 bits per heavy atom. The lowest BCUT2D eigenvalue weighted by Crippen LogP contribution is -2.49. The van der Waals surface area contributed by atoms with Gasteiger partial charge >= 0.3 is 0 Å². The second kappa shape index (κ2) is 5.58. The fourth-order valence-corrected chi connectivity index (χ4v) is 3.19. The molecule has 1 unspecified atom stereocenters. The van der Waals surface area contributed by atoms with Crippen LogP contribution >= 0.6 is 23.2 Å². The Labute approximate surface area is 123 Å². The lowest BCUT2D eigenvalue weighted by molar-refractivity contribution is -0.179. The number of hydrogen-bond donors (Lipinski definition) is 1. The number of piperidine rings is 1. The van der Waals surface area contributed by atoms with E-state index >= 15 is 0 Å². The summed E-state index contributed by atoms with van der Waals surface area (Å²) in [5.41, 5.74) is 1.18. The van der Waals surface area contributed by atoms with E-state index in [2.05, 4.69) is 5.32 Å². The summed E-state index contributed by atoms with van der Waals surface area (Å²) in [6.45, 7) is 2.34. The molecule has 1 N–H and O–H groups in total. The first kappa shape index (κ1) is 13.7. The average Bonchev–Trinajstić information content (AvgIpc) is 2.82. The van der Waals surface area contributed by atoms with Crippen molar-refractivity contribution < 1.29 is 9.47 Å². The summed E-state index contributed by atoms with van der Waals surface area (Å²) in [6.07, 6.45) is 2.71. The number of nitrogens with one attached hydrogen (secondary N) is 1. The smallest absolute Gasteiger partial charge is 0.171 e. The highest BCUT2D eigenvalue weighted by Gasteiger charge is 2.41. The SMILES string of the molecule is Clc1ccc(CC2CC3(CCN2)OCCO3)cc1Cl. The first-order valence-corrected chi connectivity index (χ1v) is 7.38. The van der Waals surface area contributed by atoms with E-state index in [9.17, 15) is 0 Å². The molecule has 2 aliphatic heterocycles. The average molecular weight is 302 g/mol. The number of halogens is 2. The van der Waals surface area contributed by atoms with Crippen molar-refractivity contribution in [3.8, 4) is 0 Å². The van der Waals surface area contributed by atoms with E-state index in [4.69, 9.17) is 32.7 Å². The molecule has 3 nitrogen and oxygen atoms in total. The van der Waals surface area contributed by atoms with E-state index < -0.39 is 0 Å². The van der Waals surface area contributed by atoms with Crippen molar-refractivity contribution in [1.29, 1.82) is 0 Å². The van der Waals surface area contributed by atoms with E-state index in [1.807, 2.05) is 18.2 Å². The summed E-state index contributed by atoms with van der Waals surface area (Å²) >= 11 is 12.0. The van der Waals surface area contributed by atoms with Gasteiger partial charge < -0.3 is 14.8 Å². The highest BCUT2D eigenvalue weighted by atomic mass is 35.5. The van der Waals surface area contributed by atoms with Gasteiger partial charge in [-0.1, -0.05) is 29.3 Å². The molecule has 1 atom stereocenters. The van der Waals surface area contributed by atoms with Gasteiger partial charge in [-0.3, -0.25) is 0 Å². The quantitative estimate of drug-likeness (QED) is 0.911. The van der Waals surface area contributed by atoms with Crippen molar-refractivity contribution >= 4 is 23.2 Å². The molecule has 2 aliphatic rings. The molecule has 0 aliphatic carbocycles. The normalized spacial score (nSPS) is 25.9. The number of benzene rings is 1. The van der Waals surface area contributed by atoms with Crippen LogP contribution in [-0.2, 0) is 15.9 Å². The lowest BCUT2D eigenvalue weighted by Gasteiger charge is -2.37. The minimum Gasteiger partial charge on any atom is -0.347 e. The molecular weight excluding hydrogens is 285 g/mol. The van der Waals surface area contributed by atoms with Crippen molar-refractivity contribution in [3.05, 3.63) is 33.8 Å². The molecule has 0 aromatic heterocycles. The van der Waals surface area contributed by atoms with Crippen LogP contribution in [0.1, 0.15) is 18.4 Å². The van der Waals surface area contributed by atoms with Crippen molar-refractivity contribution in [1.82, 2.24) is 5.32 Å². The van der Waals surface area contributed by atoms with Crippen LogP contribution < -0.4 is 5.32 Å². The van der Waals surface area contributed by atoms with Gasteiger partial charge in [0.1, 0.15) is 0 Å². The molecule has 19 heavy (non-hydrogen) atoms. The molecule has 3 rings (SSSR count). The summed E-state index contributed by atoms with van der Waals surface area (Å²) in [5.74, 6) is -0.355. The van der Waals surface area contributed by atoms with E-state index in [1.54, 1.807) is 0 Å². The van der Waals surface area contributed by atoms with Crippen molar-refractivity contribution in [3.63, 3.8) is 0 Å². The van der Waals surface area contributed by atoms with Crippen LogP contribution in [0.3, 0.4) is 0 Å². The van der Waals surface area contributed by atoms with Crippen molar-refractivity contribution in [2.75, 3.05) is 19.8 Å². The zero-order valence-corrected chi connectivity index (χ0v) is 12.1. The molecule has 104 valence electrons. The molecule has 1 aromatic carbocycles. The van der Waals surface area contributed by atoms with E-state index in [0.717, 1.165) is 25.8 Å². The van der Waals surface area contributed by atoms with E-state index in [-0.39, 0.29) is 5.79 Å². The maximum Gasteiger partial charge on any atom is 0.171 e. The van der Waals surface area contributed by atoms with Gasteiger partial charge in [-0.2, -0.15) is 0 Å². The van der Waals surface area contributed by atoms with Crippen LogP contribution in [0, 0.1) is 0 Å². The zero-order chi connectivity index (χ0) is 13.3. The second-order valence-electron chi connectivity index (χ2n) is 5.17. The first-order chi connectivity index (χ1) is 9.17. The predicted octanol–water partition coefficient (Wildman–Crippen LogP) is 3.03. The van der Waals surface area contributed by atoms with Crippen molar-refractivity contribution in [2.45, 2.75) is 31.1 Å². The van der Waals surface area contributed by atoms with Gasteiger partial charge in [0.25, 0.3) is 0 Å². The van der Waals surface area contributed by atoms with Crippen molar-refractivity contribution in [2.24, 2.45) is 0 Å². The lowest BCUT2D eigenvalue weighted by atomic mass is 9.93. The van der Waals surface area contributed by atoms with Gasteiger partial charge in [-0.25, -0.2) is 0 Å². The minimum atomic E-state index is -0.355. The van der Waals surface area contributed by atoms with Crippen LogP contribution in [0.5, 0.6) is 0 Å². The molecule has 2 heterocycles. The van der Waals surface area contributed by atoms with E-state index in [1.165, 1.54) is 5.56 Å². The van der Waals surface area contributed by atoms with Crippen LogP contribution in [0.4, 0.5) is 0 Å². The molecule has 5 heteroatoms. The largest absolute Gasteiger partial charge is 0.347 e. The van der Waals surface area contributed by atoms with Gasteiger partial charge in [0, 0.05) is 25.4 Å². The van der Waals surface area contributed by atoms with Crippen LogP contribution in [0.2, 0.25) is 10.0 Å². The van der Waals surface area contributed by atoms with Gasteiger partial charge in [0.15, 0.2) is 5.79 Å². The molecule has 1 aromatic rings. The highest BCUT2D eigenvalue weighted by molar-refractivity contribution is 6.42. The highest BCUT2D eigenvalue weighted by Crippen LogP contribution is 2.32. The third-order valence-corrected chi connectivity index (χ3v) is 4.52. The Balaban J connectivity index is 1.67. The van der Waals surface area contributed by atoms with Gasteiger partial charge in [0.05, 0.1) is 23.3 Å². The molecule has 0 amide bonds. The van der Waals surface area contributed by atoms with Gasteiger partial charge in [-0.05, 0) is 24.1 Å². The standard InChI is InChI=1S/C14H17Cl2NO2/c15-12-2-1-10(8-13(12)16)7-11-9-14(3-4-17-11)18-5-6-19-14/h1-2,8,11,17H,3-7,9H2. The maximum atomic E-state index is 6.05. The molecular formula is C14H17Cl2NO2. The summed E-state index contributed by atoms with van der Waals surface area (Å²) in [7, 11) is 0. The third kappa shape index (κ3) is 3.06. The predicted molar refractivity (Wildman–Crippen MR) is 75.8 cm³/mol. The number of ether oxygens (including phenoxy) is 2. The Morgan fingerprint density at radius 2 is 2.00 bits per heavy atom. The van der Waals surface area contributed by atoms with Gasteiger partial charge in [-0.15, -0.1) is 0 Å². The molecule has 0 bridgehead atoms. The Morgan fingerprint density at radius 1 is 1.21 bits per heavy atom. The maximum absolute atomic E-state index is 6.05. The topological polar surface area (TPSA) is 30.5 Å². The van der Waals surface area contributed by atoms with E-state index in [0.29, 0.717) is 29.3 Å². The summed E-state index contributed by atoms with van der Waals surface area (Å²) < 4.78 is 11.6. The van der Waals surface area contributed by atoms with Gasteiger partial charge in [0.2, 0.25) is 0 Å². The Kier molecular flexibility index (Phi) is 4.01. The Hall–Kier alpha value is -0.320.